The van der Waals surface area contributed by atoms with Crippen LogP contribution in [0.1, 0.15) is 30.5 Å². The number of nitrogens with one attached hydrogen (secondary N) is 1. The molecule has 3 rings (SSSR count). The number of benzene rings is 1. The van der Waals surface area contributed by atoms with Crippen LogP contribution in [0.15, 0.2) is 24.3 Å². The van der Waals surface area contributed by atoms with Crippen LogP contribution in [0.3, 0.4) is 0 Å². The lowest BCUT2D eigenvalue weighted by atomic mass is 9.85. The van der Waals surface area contributed by atoms with Gasteiger partial charge in [0.05, 0.1) is 5.69 Å². The van der Waals surface area contributed by atoms with E-state index in [2.05, 4.69) is 10.4 Å². The number of aromatic nitrogens is 2. The summed E-state index contributed by atoms with van der Waals surface area (Å²) in [4.78, 5) is 0. The van der Waals surface area contributed by atoms with Crippen LogP contribution in [0.25, 0.3) is 0 Å². The van der Waals surface area contributed by atoms with E-state index in [1.807, 2.05) is 17.8 Å². The second-order valence-electron chi connectivity index (χ2n) is 6.01. The molecule has 2 aromatic rings. The minimum absolute atomic E-state index is 0. The molecule has 0 bridgehead atoms. The Balaban J connectivity index is 0.00000208. The maximum Gasteiger partial charge on any atom is 0.212 e. The number of hydrogen-bond acceptors (Lipinski definition) is 3. The van der Waals surface area contributed by atoms with Crippen LogP contribution in [-0.4, -0.2) is 16.8 Å². The van der Waals surface area contributed by atoms with Gasteiger partial charge >= 0.3 is 0 Å². The Bertz CT molecular complexity index is 674. The van der Waals surface area contributed by atoms with E-state index in [9.17, 15) is 8.78 Å². The molecule has 1 heterocycles. The molecule has 1 aliphatic rings. The van der Waals surface area contributed by atoms with Gasteiger partial charge in [-0.15, -0.1) is 12.4 Å². The van der Waals surface area contributed by atoms with Gasteiger partial charge in [0.2, 0.25) is 5.88 Å². The molecule has 1 saturated carbocycles. The first-order chi connectivity index (χ1) is 11.2. The Labute approximate surface area is 146 Å². The fourth-order valence-electron chi connectivity index (χ4n) is 2.69. The topological polar surface area (TPSA) is 39.1 Å². The van der Waals surface area contributed by atoms with E-state index in [1.165, 1.54) is 19.3 Å². The Morgan fingerprint density at radius 2 is 2.08 bits per heavy atom. The van der Waals surface area contributed by atoms with E-state index >= 15 is 0 Å². The molecule has 1 N–H and O–H groups in total. The molecule has 4 nitrogen and oxygen atoms in total. The first kappa shape index (κ1) is 18.7. The zero-order valence-electron chi connectivity index (χ0n) is 13.6. The predicted molar refractivity (Wildman–Crippen MR) is 90.3 cm³/mol. The minimum Gasteiger partial charge on any atom is -0.473 e. The van der Waals surface area contributed by atoms with E-state index in [0.29, 0.717) is 18.3 Å². The quantitative estimate of drug-likeness (QED) is 0.821. The highest BCUT2D eigenvalue weighted by Gasteiger charge is 2.20. The van der Waals surface area contributed by atoms with Crippen molar-refractivity contribution in [2.24, 2.45) is 5.92 Å². The molecule has 0 unspecified atom stereocenters. The number of rotatable bonds is 7. The molecule has 0 saturated heterocycles. The zero-order chi connectivity index (χ0) is 16.2. The number of nitrogens with zero attached hydrogens (tertiary/aromatic N) is 2. The number of hydrogen-bond donors (Lipinski definition) is 1. The number of ether oxygens (including phenoxy) is 1. The predicted octanol–water partition coefficient (Wildman–Crippen LogP) is 3.68. The molecule has 1 fully saturated rings. The SMILES string of the molecule is CNCc1cc(OCc2cc(F)ccc2F)n(CC2CCC2)n1.Cl. The van der Waals surface area contributed by atoms with Gasteiger partial charge in [0.1, 0.15) is 18.2 Å². The van der Waals surface area contributed by atoms with Crippen LogP contribution >= 0.6 is 12.4 Å². The summed E-state index contributed by atoms with van der Waals surface area (Å²) in [5, 5.41) is 7.59. The highest BCUT2D eigenvalue weighted by atomic mass is 35.5. The summed E-state index contributed by atoms with van der Waals surface area (Å²) < 4.78 is 34.5. The largest absolute Gasteiger partial charge is 0.473 e. The zero-order valence-corrected chi connectivity index (χ0v) is 14.4. The summed E-state index contributed by atoms with van der Waals surface area (Å²) in [6, 6.07) is 5.24. The molecular weight excluding hydrogens is 336 g/mol. The molecule has 1 aromatic carbocycles. The molecule has 7 heteroatoms. The van der Waals surface area contributed by atoms with Gasteiger partial charge in [-0.05, 0) is 44.0 Å². The summed E-state index contributed by atoms with van der Waals surface area (Å²) in [6.07, 6.45) is 3.68. The summed E-state index contributed by atoms with van der Waals surface area (Å²) in [5.74, 6) is 0.298. The van der Waals surface area contributed by atoms with E-state index in [1.54, 1.807) is 0 Å². The summed E-state index contributed by atoms with van der Waals surface area (Å²) >= 11 is 0. The Morgan fingerprint density at radius 3 is 2.75 bits per heavy atom. The van der Waals surface area contributed by atoms with Crippen molar-refractivity contribution in [2.45, 2.75) is 39.0 Å². The van der Waals surface area contributed by atoms with Gasteiger partial charge in [0, 0.05) is 24.7 Å². The first-order valence-corrected chi connectivity index (χ1v) is 7.93. The van der Waals surface area contributed by atoms with Gasteiger partial charge in [-0.1, -0.05) is 6.42 Å². The molecule has 0 aliphatic heterocycles. The second-order valence-corrected chi connectivity index (χ2v) is 6.01. The van der Waals surface area contributed by atoms with Crippen molar-refractivity contribution in [3.63, 3.8) is 0 Å². The van der Waals surface area contributed by atoms with E-state index in [4.69, 9.17) is 4.74 Å². The van der Waals surface area contributed by atoms with Gasteiger partial charge in [-0.3, -0.25) is 0 Å². The Kier molecular flexibility index (Phi) is 6.57. The third-order valence-electron chi connectivity index (χ3n) is 4.19. The molecule has 0 amide bonds. The third-order valence-corrected chi connectivity index (χ3v) is 4.19. The van der Waals surface area contributed by atoms with Crippen LogP contribution in [0.5, 0.6) is 5.88 Å². The van der Waals surface area contributed by atoms with Crippen molar-refractivity contribution in [3.8, 4) is 5.88 Å². The van der Waals surface area contributed by atoms with Gasteiger partial charge in [-0.25, -0.2) is 13.5 Å². The molecule has 0 atom stereocenters. The second kappa shape index (κ2) is 8.44. The fourth-order valence-corrected chi connectivity index (χ4v) is 2.69. The maximum absolute atomic E-state index is 13.7. The average Bonchev–Trinajstić information content (AvgIpc) is 2.86. The summed E-state index contributed by atoms with van der Waals surface area (Å²) in [6.45, 7) is 1.44. The Hall–Kier alpha value is -1.66. The molecule has 0 spiro atoms. The molecule has 132 valence electrons. The third kappa shape index (κ3) is 4.45. The van der Waals surface area contributed by atoms with Crippen LogP contribution < -0.4 is 10.1 Å². The molecule has 24 heavy (non-hydrogen) atoms. The van der Waals surface area contributed by atoms with Crippen molar-refractivity contribution in [3.05, 3.63) is 47.2 Å². The van der Waals surface area contributed by atoms with E-state index in [-0.39, 0.29) is 24.6 Å². The van der Waals surface area contributed by atoms with Gasteiger partial charge in [0.25, 0.3) is 0 Å². The maximum atomic E-state index is 13.7. The normalized spacial score (nSPS) is 14.1. The van der Waals surface area contributed by atoms with Crippen LogP contribution in [-0.2, 0) is 19.7 Å². The van der Waals surface area contributed by atoms with Crippen molar-refractivity contribution in [2.75, 3.05) is 7.05 Å². The highest BCUT2D eigenvalue weighted by molar-refractivity contribution is 5.85. The monoisotopic (exact) mass is 357 g/mol. The van der Waals surface area contributed by atoms with Crippen LogP contribution in [0.2, 0.25) is 0 Å². The van der Waals surface area contributed by atoms with Crippen LogP contribution in [0, 0.1) is 17.6 Å². The lowest BCUT2D eigenvalue weighted by Crippen LogP contribution is -2.20. The standard InChI is InChI=1S/C17H21F2N3O.ClH/c1-20-9-15-8-17(22(21-15)10-12-3-2-4-12)23-11-13-7-14(18)5-6-16(13)19;/h5-8,12,20H,2-4,9-11H2,1H3;1H. The van der Waals surface area contributed by atoms with Crippen molar-refractivity contribution < 1.29 is 13.5 Å². The first-order valence-electron chi connectivity index (χ1n) is 7.93. The summed E-state index contributed by atoms with van der Waals surface area (Å²) in [7, 11) is 1.85. The van der Waals surface area contributed by atoms with Gasteiger partial charge in [0.15, 0.2) is 0 Å². The van der Waals surface area contributed by atoms with Crippen molar-refractivity contribution in [1.82, 2.24) is 15.1 Å². The minimum atomic E-state index is -0.469. The fraction of sp³-hybridized carbons (Fsp3) is 0.471. The highest BCUT2D eigenvalue weighted by Crippen LogP contribution is 2.29. The van der Waals surface area contributed by atoms with Gasteiger partial charge < -0.3 is 10.1 Å². The van der Waals surface area contributed by atoms with Gasteiger partial charge in [-0.2, -0.15) is 5.10 Å². The smallest absolute Gasteiger partial charge is 0.212 e. The molecule has 1 aliphatic carbocycles. The van der Waals surface area contributed by atoms with Crippen molar-refractivity contribution >= 4 is 12.4 Å². The number of halogens is 3. The van der Waals surface area contributed by atoms with Crippen molar-refractivity contribution in [1.29, 1.82) is 0 Å². The average molecular weight is 358 g/mol. The van der Waals surface area contributed by atoms with E-state index in [0.717, 1.165) is 30.4 Å². The summed E-state index contributed by atoms with van der Waals surface area (Å²) in [5.41, 5.74) is 1.08. The lowest BCUT2D eigenvalue weighted by Gasteiger charge is -2.25. The molecule has 1 aromatic heterocycles. The van der Waals surface area contributed by atoms with Crippen LogP contribution in [0.4, 0.5) is 8.78 Å². The Morgan fingerprint density at radius 1 is 1.29 bits per heavy atom. The molecule has 0 radical (unpaired) electrons. The lowest BCUT2D eigenvalue weighted by molar-refractivity contribution is 0.224. The van der Waals surface area contributed by atoms with E-state index < -0.39 is 11.6 Å². The molecular formula is C17H22ClF2N3O.